The molecule has 0 saturated carbocycles. The molecule has 2 aliphatic heterocycles. The lowest BCUT2D eigenvalue weighted by Crippen LogP contribution is -2.23. The van der Waals surface area contributed by atoms with Gasteiger partial charge in [0.05, 0.1) is 0 Å². The molecule has 0 amide bonds. The van der Waals surface area contributed by atoms with Crippen molar-refractivity contribution >= 4 is 23.3 Å². The number of rotatable bonds is 0. The molecule has 1 atom stereocenters. The van der Waals surface area contributed by atoms with E-state index in [0.717, 1.165) is 43.4 Å². The average molecular weight is 207 g/mol. The van der Waals surface area contributed by atoms with Gasteiger partial charge in [-0.3, -0.25) is 9.79 Å². The van der Waals surface area contributed by atoms with Gasteiger partial charge in [0.2, 0.25) is 0 Å². The van der Waals surface area contributed by atoms with E-state index in [1.807, 2.05) is 11.8 Å². The molecule has 0 N–H and O–H groups in total. The molecule has 0 aromatic carbocycles. The van der Waals surface area contributed by atoms with Gasteiger partial charge in [-0.15, -0.1) is 0 Å². The van der Waals surface area contributed by atoms with Crippen LogP contribution in [-0.2, 0) is 4.79 Å². The van der Waals surface area contributed by atoms with Crippen LogP contribution in [0.25, 0.3) is 0 Å². The number of ketones is 1. The highest BCUT2D eigenvalue weighted by Gasteiger charge is 2.32. The molecule has 1 saturated heterocycles. The van der Waals surface area contributed by atoms with Crippen molar-refractivity contribution in [3.63, 3.8) is 0 Å². The van der Waals surface area contributed by atoms with Crippen molar-refractivity contribution in [1.82, 2.24) is 0 Å². The Morgan fingerprint density at radius 2 is 2.21 bits per heavy atom. The fourth-order valence-corrected chi connectivity index (χ4v) is 3.72. The summed E-state index contributed by atoms with van der Waals surface area (Å²) in [7, 11) is 0. The van der Waals surface area contributed by atoms with Gasteiger partial charge >= 0.3 is 0 Å². The second kappa shape index (κ2) is 3.23. The summed E-state index contributed by atoms with van der Waals surface area (Å²) in [6.45, 7) is 0. The van der Waals surface area contributed by atoms with E-state index in [2.05, 4.69) is 4.99 Å². The van der Waals surface area contributed by atoms with Crippen LogP contribution >= 0.6 is 11.8 Å². The largest absolute Gasteiger partial charge is 0.294 e. The Hall–Kier alpha value is -0.570. The van der Waals surface area contributed by atoms with Gasteiger partial charge in [0.1, 0.15) is 0 Å². The lowest BCUT2D eigenvalue weighted by atomic mass is 9.88. The third-order valence-electron chi connectivity index (χ3n) is 3.22. The molecule has 0 aromatic heterocycles. The number of aliphatic imine (C=N–C) groups is 1. The zero-order valence-corrected chi connectivity index (χ0v) is 8.90. The fraction of sp³-hybridized carbons (Fsp3) is 0.636. The van der Waals surface area contributed by atoms with Crippen LogP contribution in [-0.4, -0.2) is 22.5 Å². The van der Waals surface area contributed by atoms with E-state index < -0.39 is 0 Å². The van der Waals surface area contributed by atoms with E-state index in [9.17, 15) is 4.79 Å². The van der Waals surface area contributed by atoms with Crippen molar-refractivity contribution in [2.24, 2.45) is 4.99 Å². The highest BCUT2D eigenvalue weighted by Crippen LogP contribution is 2.38. The lowest BCUT2D eigenvalue weighted by molar-refractivity contribution is -0.116. The Morgan fingerprint density at radius 1 is 1.29 bits per heavy atom. The number of carbonyl (C=O) groups excluding carboxylic acids is 1. The van der Waals surface area contributed by atoms with Crippen molar-refractivity contribution in [1.29, 1.82) is 0 Å². The van der Waals surface area contributed by atoms with Gasteiger partial charge in [0.25, 0.3) is 0 Å². The third-order valence-corrected chi connectivity index (χ3v) is 4.50. The predicted molar refractivity (Wildman–Crippen MR) is 58.8 cm³/mol. The van der Waals surface area contributed by atoms with E-state index in [-0.39, 0.29) is 0 Å². The Kier molecular flexibility index (Phi) is 2.01. The molecule has 0 bridgehead atoms. The maximum atomic E-state index is 11.7. The van der Waals surface area contributed by atoms with Crippen LogP contribution in [0.4, 0.5) is 0 Å². The minimum atomic E-state index is 0.363. The van der Waals surface area contributed by atoms with E-state index in [1.54, 1.807) is 0 Å². The summed E-state index contributed by atoms with van der Waals surface area (Å²) in [6, 6.07) is 0. The number of nitrogens with zero attached hydrogens (tertiary/aromatic N) is 1. The van der Waals surface area contributed by atoms with Gasteiger partial charge < -0.3 is 0 Å². The van der Waals surface area contributed by atoms with Crippen molar-refractivity contribution in [3.05, 3.63) is 11.3 Å². The standard InChI is InChI=1S/C11H13NOS/c13-10-3-1-2-8-7(10)6-11-9(12-8)4-5-14-11/h11H,1-6H2. The molecule has 1 unspecified atom stereocenters. The first-order valence-electron chi connectivity index (χ1n) is 5.29. The molecule has 0 radical (unpaired) electrons. The topological polar surface area (TPSA) is 29.4 Å². The maximum absolute atomic E-state index is 11.7. The van der Waals surface area contributed by atoms with Gasteiger partial charge in [-0.1, -0.05) is 0 Å². The van der Waals surface area contributed by atoms with Crippen LogP contribution in [0.5, 0.6) is 0 Å². The first kappa shape index (κ1) is 8.72. The van der Waals surface area contributed by atoms with Crippen molar-refractivity contribution in [3.8, 4) is 0 Å². The third kappa shape index (κ3) is 1.26. The quantitative estimate of drug-likeness (QED) is 0.610. The van der Waals surface area contributed by atoms with Gasteiger partial charge in [-0.2, -0.15) is 11.8 Å². The molecule has 0 spiro atoms. The molecule has 3 rings (SSSR count). The normalized spacial score (nSPS) is 31.3. The number of hydrogen-bond acceptors (Lipinski definition) is 3. The number of allylic oxidation sites excluding steroid dienone is 2. The van der Waals surface area contributed by atoms with E-state index in [0.29, 0.717) is 11.0 Å². The summed E-state index contributed by atoms with van der Waals surface area (Å²) < 4.78 is 0. The highest BCUT2D eigenvalue weighted by molar-refractivity contribution is 8.01. The maximum Gasteiger partial charge on any atom is 0.160 e. The van der Waals surface area contributed by atoms with Gasteiger partial charge in [0.15, 0.2) is 5.78 Å². The Labute approximate surface area is 87.9 Å². The number of hydrogen-bond donors (Lipinski definition) is 0. The van der Waals surface area contributed by atoms with Crippen LogP contribution in [0.1, 0.15) is 32.1 Å². The molecule has 1 aliphatic carbocycles. The van der Waals surface area contributed by atoms with E-state index in [1.165, 1.54) is 11.5 Å². The molecule has 2 nitrogen and oxygen atoms in total. The van der Waals surface area contributed by atoms with Crippen molar-refractivity contribution in [2.45, 2.75) is 37.4 Å². The van der Waals surface area contributed by atoms with E-state index in [4.69, 9.17) is 0 Å². The molecule has 2 heterocycles. The summed E-state index contributed by atoms with van der Waals surface area (Å²) in [5, 5.41) is 0.538. The Bertz CT molecular complexity index is 356. The second-order valence-corrected chi connectivity index (χ2v) is 5.43. The number of carbonyl (C=O) groups is 1. The molecule has 3 heteroatoms. The Balaban J connectivity index is 1.99. The highest BCUT2D eigenvalue weighted by atomic mass is 32.2. The molecule has 0 aromatic rings. The zero-order valence-electron chi connectivity index (χ0n) is 8.08. The molecular weight excluding hydrogens is 194 g/mol. The van der Waals surface area contributed by atoms with Gasteiger partial charge in [0, 0.05) is 28.7 Å². The molecular formula is C11H13NOS. The smallest absolute Gasteiger partial charge is 0.160 e. The summed E-state index contributed by atoms with van der Waals surface area (Å²) in [5.74, 6) is 1.56. The summed E-state index contributed by atoms with van der Waals surface area (Å²) in [5.41, 5.74) is 3.53. The first-order chi connectivity index (χ1) is 6.84. The average Bonchev–Trinajstić information content (AvgIpc) is 2.62. The first-order valence-corrected chi connectivity index (χ1v) is 6.34. The Morgan fingerprint density at radius 3 is 3.14 bits per heavy atom. The van der Waals surface area contributed by atoms with Crippen LogP contribution in [0, 0.1) is 0 Å². The fourth-order valence-electron chi connectivity index (χ4n) is 2.46. The van der Waals surface area contributed by atoms with Crippen LogP contribution < -0.4 is 0 Å². The zero-order chi connectivity index (χ0) is 9.54. The lowest BCUT2D eigenvalue weighted by Gasteiger charge is -2.24. The number of fused-ring (bicyclic) bond motifs is 1. The number of thioether (sulfide) groups is 1. The minimum absolute atomic E-state index is 0.363. The SMILES string of the molecule is O=C1CCCC2=C1CC1SCCC1=N2. The van der Waals surface area contributed by atoms with Crippen molar-refractivity contribution < 1.29 is 4.79 Å². The number of Topliss-reactive ketones (excluding diaryl/α,β-unsaturated/α-hetero) is 1. The molecule has 74 valence electrons. The monoisotopic (exact) mass is 207 g/mol. The van der Waals surface area contributed by atoms with Gasteiger partial charge in [-0.25, -0.2) is 0 Å². The molecule has 3 aliphatic rings. The molecule has 14 heavy (non-hydrogen) atoms. The summed E-state index contributed by atoms with van der Waals surface area (Å²) >= 11 is 1.97. The predicted octanol–water partition coefficient (Wildman–Crippen LogP) is 2.34. The minimum Gasteiger partial charge on any atom is -0.294 e. The second-order valence-electron chi connectivity index (χ2n) is 4.12. The van der Waals surface area contributed by atoms with E-state index >= 15 is 0 Å². The van der Waals surface area contributed by atoms with Crippen molar-refractivity contribution in [2.75, 3.05) is 5.75 Å². The van der Waals surface area contributed by atoms with Gasteiger partial charge in [-0.05, 0) is 31.4 Å². The summed E-state index contributed by atoms with van der Waals surface area (Å²) in [4.78, 5) is 16.4. The van der Waals surface area contributed by atoms with Crippen LogP contribution in [0.15, 0.2) is 16.3 Å². The molecule has 1 fully saturated rings. The van der Waals surface area contributed by atoms with Crippen LogP contribution in [0.2, 0.25) is 0 Å². The summed E-state index contributed by atoms with van der Waals surface area (Å²) in [6.07, 6.45) is 4.90. The van der Waals surface area contributed by atoms with Crippen LogP contribution in [0.3, 0.4) is 0 Å².